The molecule has 0 saturated heterocycles. The third kappa shape index (κ3) is 5.39. The zero-order valence-corrected chi connectivity index (χ0v) is 8.55. The van der Waals surface area contributed by atoms with Gasteiger partial charge in [-0.05, 0) is 19.0 Å². The Morgan fingerprint density at radius 1 is 1.54 bits per heavy atom. The number of hydrogen-bond acceptors (Lipinski definition) is 2. The number of likely N-dealkylation sites (N-methyl/N-ethyl adjacent to an activating group) is 1. The van der Waals surface area contributed by atoms with Crippen molar-refractivity contribution >= 4 is 0 Å². The van der Waals surface area contributed by atoms with Crippen LogP contribution < -0.4 is 5.32 Å². The fourth-order valence-corrected chi connectivity index (χ4v) is 1.10. The van der Waals surface area contributed by atoms with Gasteiger partial charge in [-0.3, -0.25) is 0 Å². The van der Waals surface area contributed by atoms with Gasteiger partial charge in [0, 0.05) is 13.2 Å². The highest BCUT2D eigenvalue weighted by molar-refractivity contribution is 5.21. The summed E-state index contributed by atoms with van der Waals surface area (Å²) in [6, 6.07) is 0.342. The van der Waals surface area contributed by atoms with Gasteiger partial charge in [0.05, 0.1) is 6.61 Å². The molecule has 2 nitrogen and oxygen atoms in total. The molecule has 2 heteroatoms. The number of methoxy groups -OCH3 is 1. The second-order valence-electron chi connectivity index (χ2n) is 2.83. The van der Waals surface area contributed by atoms with Gasteiger partial charge in [0.25, 0.3) is 0 Å². The van der Waals surface area contributed by atoms with Crippen LogP contribution in [0.25, 0.3) is 0 Å². The fraction of sp³-hybridized carbons (Fsp3) is 0.455. The van der Waals surface area contributed by atoms with Crippen LogP contribution >= 0.6 is 0 Å². The highest BCUT2D eigenvalue weighted by Crippen LogP contribution is 2.06. The summed E-state index contributed by atoms with van der Waals surface area (Å²) in [5.41, 5.74) is 1.17. The molecule has 0 aromatic carbocycles. The molecule has 0 amide bonds. The van der Waals surface area contributed by atoms with E-state index in [0.29, 0.717) is 12.6 Å². The van der Waals surface area contributed by atoms with E-state index in [0.717, 1.165) is 6.42 Å². The topological polar surface area (TPSA) is 21.3 Å². The molecule has 0 aromatic heterocycles. The van der Waals surface area contributed by atoms with E-state index < -0.39 is 0 Å². The molecule has 0 aliphatic rings. The van der Waals surface area contributed by atoms with Crippen LogP contribution in [0.15, 0.2) is 37.0 Å². The van der Waals surface area contributed by atoms with Crippen LogP contribution in [-0.2, 0) is 4.74 Å². The Morgan fingerprint density at radius 3 is 2.62 bits per heavy atom. The van der Waals surface area contributed by atoms with Crippen molar-refractivity contribution in [3.63, 3.8) is 0 Å². The first-order valence-electron chi connectivity index (χ1n) is 4.38. The van der Waals surface area contributed by atoms with Crippen molar-refractivity contribution < 1.29 is 4.74 Å². The van der Waals surface area contributed by atoms with Crippen molar-refractivity contribution in [1.29, 1.82) is 0 Å². The summed E-state index contributed by atoms with van der Waals surface area (Å²) in [5, 5.41) is 3.18. The van der Waals surface area contributed by atoms with Gasteiger partial charge in [-0.2, -0.15) is 0 Å². The molecule has 0 aromatic rings. The summed E-state index contributed by atoms with van der Waals surface area (Å²) in [7, 11) is 3.63. The molecule has 74 valence electrons. The fourth-order valence-electron chi connectivity index (χ4n) is 1.10. The number of hydrogen-bond donors (Lipinski definition) is 1. The van der Waals surface area contributed by atoms with E-state index in [1.54, 1.807) is 13.2 Å². The Labute approximate surface area is 81.0 Å². The van der Waals surface area contributed by atoms with Crippen LogP contribution in [0.5, 0.6) is 0 Å². The second-order valence-corrected chi connectivity index (χ2v) is 2.83. The lowest BCUT2D eigenvalue weighted by molar-refractivity contribution is 0.169. The number of allylic oxidation sites excluding steroid dienone is 3. The van der Waals surface area contributed by atoms with Crippen molar-refractivity contribution in [3.05, 3.63) is 37.0 Å². The quantitative estimate of drug-likeness (QED) is 0.606. The highest BCUT2D eigenvalue weighted by Gasteiger charge is 2.05. The molecule has 0 saturated carbocycles. The normalized spacial score (nSPS) is 13.8. The molecule has 0 radical (unpaired) electrons. The molecule has 0 aliphatic heterocycles. The monoisotopic (exact) mass is 181 g/mol. The zero-order chi connectivity index (χ0) is 10.1. The molecule has 1 atom stereocenters. The standard InChI is InChI=1S/C11H19NO/c1-5-7-10(6-2)8-11(12-3)9-13-4/h5-7,11-12H,1-2,8-9H2,3-4H3/b10-7+/t11-/m0/s1. The summed E-state index contributed by atoms with van der Waals surface area (Å²) in [6.07, 6.45) is 6.51. The Morgan fingerprint density at radius 2 is 2.23 bits per heavy atom. The van der Waals surface area contributed by atoms with E-state index in [1.807, 2.05) is 19.2 Å². The van der Waals surface area contributed by atoms with Crippen LogP contribution in [0, 0.1) is 0 Å². The Bertz CT molecular complexity index is 185. The highest BCUT2D eigenvalue weighted by atomic mass is 16.5. The molecule has 0 unspecified atom stereocenters. The minimum absolute atomic E-state index is 0.342. The van der Waals surface area contributed by atoms with Crippen LogP contribution in [0.3, 0.4) is 0 Å². The number of rotatable bonds is 7. The van der Waals surface area contributed by atoms with E-state index in [2.05, 4.69) is 18.5 Å². The van der Waals surface area contributed by atoms with Crippen molar-refractivity contribution in [2.24, 2.45) is 0 Å². The first-order chi connectivity index (χ1) is 6.28. The van der Waals surface area contributed by atoms with Gasteiger partial charge in [0.15, 0.2) is 0 Å². The van der Waals surface area contributed by atoms with E-state index in [1.165, 1.54) is 5.57 Å². The summed E-state index contributed by atoms with van der Waals surface area (Å²) in [4.78, 5) is 0. The maximum atomic E-state index is 5.07. The van der Waals surface area contributed by atoms with E-state index >= 15 is 0 Å². The number of nitrogens with one attached hydrogen (secondary N) is 1. The molecule has 0 spiro atoms. The predicted molar refractivity (Wildman–Crippen MR) is 57.8 cm³/mol. The summed E-state index contributed by atoms with van der Waals surface area (Å²) < 4.78 is 5.07. The average Bonchev–Trinajstić information content (AvgIpc) is 2.16. The third-order valence-corrected chi connectivity index (χ3v) is 1.85. The molecule has 0 bridgehead atoms. The van der Waals surface area contributed by atoms with Crippen molar-refractivity contribution in [2.45, 2.75) is 12.5 Å². The molecule has 0 heterocycles. The Balaban J connectivity index is 4.10. The van der Waals surface area contributed by atoms with Gasteiger partial charge in [-0.15, -0.1) is 0 Å². The van der Waals surface area contributed by atoms with E-state index in [4.69, 9.17) is 4.74 Å². The SMILES string of the molecule is C=C/C=C(\C=C)C[C@@H](COC)NC. The van der Waals surface area contributed by atoms with Gasteiger partial charge in [-0.1, -0.05) is 31.4 Å². The van der Waals surface area contributed by atoms with Crippen molar-refractivity contribution in [2.75, 3.05) is 20.8 Å². The summed E-state index contributed by atoms with van der Waals surface area (Å²) in [5.74, 6) is 0. The van der Waals surface area contributed by atoms with Crippen LogP contribution in [0.1, 0.15) is 6.42 Å². The Hall–Kier alpha value is -0.860. The molecule has 0 rings (SSSR count). The summed E-state index contributed by atoms with van der Waals surface area (Å²) >= 11 is 0. The van der Waals surface area contributed by atoms with Crippen molar-refractivity contribution in [3.8, 4) is 0 Å². The molecule has 0 fully saturated rings. The number of ether oxygens (including phenoxy) is 1. The molecule has 0 aliphatic carbocycles. The minimum Gasteiger partial charge on any atom is -0.383 e. The van der Waals surface area contributed by atoms with Gasteiger partial charge in [-0.25, -0.2) is 0 Å². The average molecular weight is 181 g/mol. The lowest BCUT2D eigenvalue weighted by Gasteiger charge is -2.15. The molecule has 1 N–H and O–H groups in total. The first kappa shape index (κ1) is 12.1. The second kappa shape index (κ2) is 7.77. The lowest BCUT2D eigenvalue weighted by Crippen LogP contribution is -2.30. The molecular weight excluding hydrogens is 162 g/mol. The largest absolute Gasteiger partial charge is 0.383 e. The maximum Gasteiger partial charge on any atom is 0.0618 e. The molecule has 13 heavy (non-hydrogen) atoms. The van der Waals surface area contributed by atoms with Crippen LogP contribution in [-0.4, -0.2) is 26.8 Å². The Kier molecular flexibility index (Phi) is 7.26. The zero-order valence-electron chi connectivity index (χ0n) is 8.55. The molecular formula is C11H19NO. The van der Waals surface area contributed by atoms with Crippen LogP contribution in [0.4, 0.5) is 0 Å². The third-order valence-electron chi connectivity index (χ3n) is 1.85. The maximum absolute atomic E-state index is 5.07. The van der Waals surface area contributed by atoms with Gasteiger partial charge in [0.1, 0.15) is 0 Å². The smallest absolute Gasteiger partial charge is 0.0618 e. The summed E-state index contributed by atoms with van der Waals surface area (Å²) in [6.45, 7) is 8.10. The van der Waals surface area contributed by atoms with E-state index in [9.17, 15) is 0 Å². The van der Waals surface area contributed by atoms with Gasteiger partial charge >= 0.3 is 0 Å². The van der Waals surface area contributed by atoms with Crippen molar-refractivity contribution in [1.82, 2.24) is 5.32 Å². The minimum atomic E-state index is 0.342. The van der Waals surface area contributed by atoms with Crippen LogP contribution in [0.2, 0.25) is 0 Å². The van der Waals surface area contributed by atoms with Gasteiger partial charge in [0.2, 0.25) is 0 Å². The first-order valence-corrected chi connectivity index (χ1v) is 4.38. The van der Waals surface area contributed by atoms with Gasteiger partial charge < -0.3 is 10.1 Å². The van der Waals surface area contributed by atoms with E-state index in [-0.39, 0.29) is 0 Å². The lowest BCUT2D eigenvalue weighted by atomic mass is 10.1. The predicted octanol–water partition coefficient (Wildman–Crippen LogP) is 1.91.